The summed E-state index contributed by atoms with van der Waals surface area (Å²) in [5, 5.41) is 10.1. The summed E-state index contributed by atoms with van der Waals surface area (Å²) >= 11 is 7.43. The van der Waals surface area contributed by atoms with E-state index in [0.29, 0.717) is 0 Å². The third-order valence-corrected chi connectivity index (χ3v) is 3.11. The van der Waals surface area contributed by atoms with E-state index in [0.717, 1.165) is 21.2 Å². The molecule has 11 heavy (non-hydrogen) atoms. The Balaban J connectivity index is 2.50. The third-order valence-electron chi connectivity index (χ3n) is 1.73. The van der Waals surface area contributed by atoms with Crippen molar-refractivity contribution in [2.75, 3.05) is 5.75 Å². The first-order valence-corrected chi connectivity index (χ1v) is 4.74. The highest BCUT2D eigenvalue weighted by Crippen LogP contribution is 2.39. The zero-order chi connectivity index (χ0) is 7.84. The minimum atomic E-state index is -0.299. The van der Waals surface area contributed by atoms with Crippen LogP contribution in [0.3, 0.4) is 0 Å². The number of rotatable bonds is 0. The molecule has 58 valence electrons. The van der Waals surface area contributed by atoms with E-state index in [2.05, 4.69) is 0 Å². The van der Waals surface area contributed by atoms with Crippen LogP contribution >= 0.6 is 23.4 Å². The maximum Gasteiger partial charge on any atom is 0.0894 e. The number of aliphatic hydroxyl groups is 1. The number of halogens is 1. The molecule has 1 atom stereocenters. The van der Waals surface area contributed by atoms with Gasteiger partial charge >= 0.3 is 0 Å². The van der Waals surface area contributed by atoms with Crippen LogP contribution in [-0.4, -0.2) is 10.9 Å². The summed E-state index contributed by atoms with van der Waals surface area (Å²) in [6.45, 7) is 0. The van der Waals surface area contributed by atoms with E-state index in [9.17, 15) is 5.11 Å². The molecular weight excluding hydrogens is 180 g/mol. The molecule has 0 saturated heterocycles. The molecule has 1 aliphatic rings. The number of hydrogen-bond donors (Lipinski definition) is 1. The van der Waals surface area contributed by atoms with Gasteiger partial charge in [0.15, 0.2) is 0 Å². The topological polar surface area (TPSA) is 20.2 Å². The average molecular weight is 187 g/mol. The first-order valence-electron chi connectivity index (χ1n) is 3.37. The van der Waals surface area contributed by atoms with E-state index < -0.39 is 0 Å². The van der Waals surface area contributed by atoms with Crippen LogP contribution in [-0.2, 0) is 0 Å². The van der Waals surface area contributed by atoms with E-state index >= 15 is 0 Å². The fourth-order valence-corrected chi connectivity index (χ4v) is 2.50. The summed E-state index contributed by atoms with van der Waals surface area (Å²) in [7, 11) is 0. The Hall–Kier alpha value is -0.180. The Morgan fingerprint density at radius 2 is 2.36 bits per heavy atom. The summed E-state index contributed by atoms with van der Waals surface area (Å²) in [4.78, 5) is 1.12. The smallest absolute Gasteiger partial charge is 0.0894 e. The Bertz CT molecular complexity index is 287. The molecule has 0 radical (unpaired) electrons. The second kappa shape index (κ2) is 2.70. The van der Waals surface area contributed by atoms with E-state index in [-0.39, 0.29) is 6.10 Å². The van der Waals surface area contributed by atoms with Crippen molar-refractivity contribution < 1.29 is 5.11 Å². The van der Waals surface area contributed by atoms with Crippen molar-refractivity contribution >= 4 is 23.4 Å². The highest BCUT2D eigenvalue weighted by atomic mass is 35.5. The van der Waals surface area contributed by atoms with Gasteiger partial charge in [-0.1, -0.05) is 17.7 Å². The SMILES string of the molecule is OC1CSc2cc(Cl)ccc21. The minimum Gasteiger partial charge on any atom is -0.387 e. The number of aliphatic hydroxyl groups excluding tert-OH is 1. The van der Waals surface area contributed by atoms with Gasteiger partial charge in [0.1, 0.15) is 0 Å². The van der Waals surface area contributed by atoms with Gasteiger partial charge in [0.05, 0.1) is 6.10 Å². The van der Waals surface area contributed by atoms with E-state index in [1.807, 2.05) is 18.2 Å². The Morgan fingerprint density at radius 1 is 1.55 bits per heavy atom. The first kappa shape index (κ1) is 7.47. The van der Waals surface area contributed by atoms with Gasteiger partial charge in [-0.15, -0.1) is 11.8 Å². The molecule has 3 heteroatoms. The van der Waals surface area contributed by atoms with Crippen LogP contribution < -0.4 is 0 Å². The molecule has 0 saturated carbocycles. The summed E-state index contributed by atoms with van der Waals surface area (Å²) < 4.78 is 0. The predicted molar refractivity (Wildman–Crippen MR) is 47.1 cm³/mol. The molecule has 1 heterocycles. The Labute approximate surface area is 74.4 Å². The van der Waals surface area contributed by atoms with Crippen LogP contribution in [0.2, 0.25) is 5.02 Å². The molecule has 0 spiro atoms. The number of thioether (sulfide) groups is 1. The van der Waals surface area contributed by atoms with Crippen molar-refractivity contribution in [3.05, 3.63) is 28.8 Å². The maximum atomic E-state index is 9.41. The van der Waals surface area contributed by atoms with Gasteiger partial charge in [-0.25, -0.2) is 0 Å². The van der Waals surface area contributed by atoms with Gasteiger partial charge in [0.25, 0.3) is 0 Å². The zero-order valence-electron chi connectivity index (χ0n) is 5.75. The van der Waals surface area contributed by atoms with E-state index in [4.69, 9.17) is 11.6 Å². The lowest BCUT2D eigenvalue weighted by atomic mass is 10.1. The maximum absolute atomic E-state index is 9.41. The molecule has 0 amide bonds. The lowest BCUT2D eigenvalue weighted by Gasteiger charge is -2.00. The van der Waals surface area contributed by atoms with Crippen LogP contribution in [0.15, 0.2) is 23.1 Å². The summed E-state index contributed by atoms with van der Waals surface area (Å²) in [5.74, 6) is 0.760. The predicted octanol–water partition coefficient (Wildman–Crippen LogP) is 2.48. The summed E-state index contributed by atoms with van der Waals surface area (Å²) in [5.41, 5.74) is 1.01. The molecule has 1 N–H and O–H groups in total. The fourth-order valence-electron chi connectivity index (χ4n) is 1.17. The average Bonchev–Trinajstić information content (AvgIpc) is 2.32. The van der Waals surface area contributed by atoms with Crippen LogP contribution in [0, 0.1) is 0 Å². The van der Waals surface area contributed by atoms with Crippen molar-refractivity contribution in [2.24, 2.45) is 0 Å². The molecule has 2 rings (SSSR count). The normalized spacial score (nSPS) is 21.8. The Kier molecular flexibility index (Phi) is 1.83. The summed E-state index contributed by atoms with van der Waals surface area (Å²) in [6.07, 6.45) is -0.299. The molecular formula is C8H7ClOS. The van der Waals surface area contributed by atoms with Crippen LogP contribution in [0.25, 0.3) is 0 Å². The Morgan fingerprint density at radius 3 is 3.18 bits per heavy atom. The highest BCUT2D eigenvalue weighted by Gasteiger charge is 2.20. The van der Waals surface area contributed by atoms with Crippen LogP contribution in [0.1, 0.15) is 11.7 Å². The van der Waals surface area contributed by atoms with E-state index in [1.54, 1.807) is 11.8 Å². The second-order valence-electron chi connectivity index (χ2n) is 2.51. The van der Waals surface area contributed by atoms with Gasteiger partial charge in [-0.05, 0) is 17.7 Å². The van der Waals surface area contributed by atoms with Crippen molar-refractivity contribution in [2.45, 2.75) is 11.0 Å². The number of fused-ring (bicyclic) bond motifs is 1. The quantitative estimate of drug-likeness (QED) is 0.672. The molecule has 0 bridgehead atoms. The van der Waals surface area contributed by atoms with E-state index in [1.165, 1.54) is 0 Å². The van der Waals surface area contributed by atoms with Gasteiger partial charge in [0.2, 0.25) is 0 Å². The molecule has 1 aromatic carbocycles. The molecule has 0 aliphatic carbocycles. The van der Waals surface area contributed by atoms with Gasteiger partial charge < -0.3 is 5.11 Å². The molecule has 1 aromatic rings. The monoisotopic (exact) mass is 186 g/mol. The number of benzene rings is 1. The lowest BCUT2D eigenvalue weighted by molar-refractivity contribution is 0.205. The van der Waals surface area contributed by atoms with Crippen molar-refractivity contribution in [1.29, 1.82) is 0 Å². The first-order chi connectivity index (χ1) is 5.27. The standard InChI is InChI=1S/C8H7ClOS/c9-5-1-2-6-7(10)4-11-8(6)3-5/h1-3,7,10H,4H2. The number of hydrogen-bond acceptors (Lipinski definition) is 2. The fraction of sp³-hybridized carbons (Fsp3) is 0.250. The lowest BCUT2D eigenvalue weighted by Crippen LogP contribution is -1.92. The molecule has 0 aromatic heterocycles. The third kappa shape index (κ3) is 1.26. The van der Waals surface area contributed by atoms with Crippen molar-refractivity contribution in [1.82, 2.24) is 0 Å². The zero-order valence-corrected chi connectivity index (χ0v) is 7.32. The summed E-state index contributed by atoms with van der Waals surface area (Å²) in [6, 6.07) is 5.61. The molecule has 1 nitrogen and oxygen atoms in total. The second-order valence-corrected chi connectivity index (χ2v) is 4.01. The van der Waals surface area contributed by atoms with Crippen molar-refractivity contribution in [3.63, 3.8) is 0 Å². The highest BCUT2D eigenvalue weighted by molar-refractivity contribution is 7.99. The van der Waals surface area contributed by atoms with Crippen LogP contribution in [0.5, 0.6) is 0 Å². The van der Waals surface area contributed by atoms with Gasteiger partial charge in [-0.2, -0.15) is 0 Å². The van der Waals surface area contributed by atoms with Gasteiger partial charge in [0, 0.05) is 15.7 Å². The minimum absolute atomic E-state index is 0.299. The largest absolute Gasteiger partial charge is 0.387 e. The van der Waals surface area contributed by atoms with Crippen LogP contribution in [0.4, 0.5) is 0 Å². The molecule has 1 unspecified atom stereocenters. The molecule has 0 fully saturated rings. The van der Waals surface area contributed by atoms with Crippen molar-refractivity contribution in [3.8, 4) is 0 Å². The van der Waals surface area contributed by atoms with Gasteiger partial charge in [-0.3, -0.25) is 0 Å². The molecule has 1 aliphatic heterocycles.